The van der Waals surface area contributed by atoms with Crippen LogP contribution in [-0.2, 0) is 4.79 Å². The molecule has 4 aromatic rings. The summed E-state index contributed by atoms with van der Waals surface area (Å²) in [6.07, 6.45) is 4.00. The van der Waals surface area contributed by atoms with Crippen molar-refractivity contribution in [2.75, 3.05) is 5.32 Å². The second-order valence-electron chi connectivity index (χ2n) is 8.59. The summed E-state index contributed by atoms with van der Waals surface area (Å²) in [5.41, 5.74) is 1.15. The first kappa shape index (κ1) is 28.6. The topological polar surface area (TPSA) is 118 Å². The van der Waals surface area contributed by atoms with Gasteiger partial charge < -0.3 is 10.6 Å². The van der Waals surface area contributed by atoms with Gasteiger partial charge in [0.2, 0.25) is 0 Å². The van der Waals surface area contributed by atoms with Gasteiger partial charge >= 0.3 is 0 Å². The molecule has 0 saturated heterocycles. The molecule has 0 saturated carbocycles. The second-order valence-corrected chi connectivity index (χ2v) is 9.00. The zero-order chi connectivity index (χ0) is 29.4. The Hall–Kier alpha value is -5.41. The first-order valence-corrected chi connectivity index (χ1v) is 12.5. The van der Waals surface area contributed by atoms with E-state index >= 15 is 0 Å². The molecule has 2 N–H and O–H groups in total. The predicted molar refractivity (Wildman–Crippen MR) is 155 cm³/mol. The molecule has 0 atom stereocenters. The van der Waals surface area contributed by atoms with Crippen molar-refractivity contribution in [3.63, 3.8) is 0 Å². The molecule has 0 aliphatic rings. The van der Waals surface area contributed by atoms with Gasteiger partial charge in [0, 0.05) is 34.5 Å². The second kappa shape index (κ2) is 13.1. The normalized spacial score (nSPS) is 11.2. The van der Waals surface area contributed by atoms with E-state index in [0.29, 0.717) is 16.8 Å². The van der Waals surface area contributed by atoms with Crippen molar-refractivity contribution in [1.82, 2.24) is 5.32 Å². The summed E-state index contributed by atoms with van der Waals surface area (Å²) in [5, 5.41) is 16.0. The Balaban J connectivity index is 1.50. The van der Waals surface area contributed by atoms with Gasteiger partial charge in [0.1, 0.15) is 11.5 Å². The van der Waals surface area contributed by atoms with Crippen LogP contribution in [0.2, 0.25) is 5.02 Å². The molecule has 0 heterocycles. The molecule has 0 aliphatic heterocycles. The maximum Gasteiger partial charge on any atom is 0.272 e. The van der Waals surface area contributed by atoms with Crippen LogP contribution in [0.4, 0.5) is 15.8 Å². The van der Waals surface area contributed by atoms with Gasteiger partial charge in [-0.1, -0.05) is 41.9 Å². The van der Waals surface area contributed by atoms with Crippen LogP contribution in [0.5, 0.6) is 0 Å². The Morgan fingerprint density at radius 2 is 1.51 bits per heavy atom. The lowest BCUT2D eigenvalue weighted by atomic mass is 10.1. The van der Waals surface area contributed by atoms with Gasteiger partial charge in [-0.3, -0.25) is 24.5 Å². The summed E-state index contributed by atoms with van der Waals surface area (Å²) in [4.78, 5) is 48.8. The van der Waals surface area contributed by atoms with Crippen LogP contribution in [0.25, 0.3) is 12.2 Å². The molecule has 2 amide bonds. The number of anilines is 1. The number of hydrogen-bond acceptors (Lipinski definition) is 5. The Morgan fingerprint density at radius 1 is 0.829 bits per heavy atom. The van der Waals surface area contributed by atoms with Gasteiger partial charge in [0.25, 0.3) is 17.5 Å². The van der Waals surface area contributed by atoms with Gasteiger partial charge in [0.15, 0.2) is 5.78 Å². The molecule has 10 heteroatoms. The van der Waals surface area contributed by atoms with Gasteiger partial charge in [-0.05, 0) is 78.4 Å². The standard InChI is InChI=1S/C31H21ClFN3O5/c32-26-7-4-8-27(33)25(26)19-28(35-30(38)22-5-2-1-3-6-22)31(39)34-23-14-12-21(13-15-23)29(37)18-11-20-9-16-24(17-10-20)36(40)41/h1-19H,(H,34,39)(H,35,38)/b18-11+,28-19-. The average Bonchev–Trinajstić information content (AvgIpc) is 2.98. The number of ketones is 1. The zero-order valence-corrected chi connectivity index (χ0v) is 22.0. The number of rotatable bonds is 9. The monoisotopic (exact) mass is 569 g/mol. The molecule has 41 heavy (non-hydrogen) atoms. The van der Waals surface area contributed by atoms with Crippen molar-refractivity contribution in [1.29, 1.82) is 0 Å². The van der Waals surface area contributed by atoms with Gasteiger partial charge in [0.05, 0.1) is 9.95 Å². The highest BCUT2D eigenvalue weighted by Gasteiger charge is 2.17. The van der Waals surface area contributed by atoms with Crippen LogP contribution in [0.15, 0.2) is 109 Å². The van der Waals surface area contributed by atoms with Gasteiger partial charge in [-0.15, -0.1) is 0 Å². The summed E-state index contributed by atoms with van der Waals surface area (Å²) in [6, 6.07) is 24.0. The third kappa shape index (κ3) is 7.59. The summed E-state index contributed by atoms with van der Waals surface area (Å²) in [5.74, 6) is -2.33. The van der Waals surface area contributed by atoms with Crippen LogP contribution in [0, 0.1) is 15.9 Å². The minimum absolute atomic E-state index is 0.0499. The van der Waals surface area contributed by atoms with Crippen LogP contribution in [0.3, 0.4) is 0 Å². The van der Waals surface area contributed by atoms with Crippen molar-refractivity contribution < 1.29 is 23.7 Å². The first-order chi connectivity index (χ1) is 19.7. The predicted octanol–water partition coefficient (Wildman–Crippen LogP) is 6.69. The van der Waals surface area contributed by atoms with Crippen molar-refractivity contribution >= 4 is 52.7 Å². The van der Waals surface area contributed by atoms with Crippen LogP contribution in [-0.4, -0.2) is 22.5 Å². The van der Waals surface area contributed by atoms with E-state index in [1.54, 1.807) is 30.3 Å². The van der Waals surface area contributed by atoms with E-state index in [0.717, 1.165) is 6.08 Å². The molecule has 0 spiro atoms. The highest BCUT2D eigenvalue weighted by Crippen LogP contribution is 2.22. The Morgan fingerprint density at radius 3 is 2.15 bits per heavy atom. The minimum atomic E-state index is -0.745. The molecule has 204 valence electrons. The van der Waals surface area contributed by atoms with E-state index < -0.39 is 22.6 Å². The van der Waals surface area contributed by atoms with Crippen LogP contribution in [0.1, 0.15) is 31.8 Å². The lowest BCUT2D eigenvalue weighted by Crippen LogP contribution is -2.30. The quantitative estimate of drug-likeness (QED) is 0.101. The molecule has 0 bridgehead atoms. The molecular weight excluding hydrogens is 549 g/mol. The third-order valence-corrected chi connectivity index (χ3v) is 6.11. The van der Waals surface area contributed by atoms with E-state index in [4.69, 9.17) is 11.6 Å². The molecule has 8 nitrogen and oxygen atoms in total. The first-order valence-electron chi connectivity index (χ1n) is 12.1. The highest BCUT2D eigenvalue weighted by atomic mass is 35.5. The summed E-state index contributed by atoms with van der Waals surface area (Å²) >= 11 is 6.13. The number of non-ortho nitro benzene ring substituents is 1. The number of carbonyl (C=O) groups is 3. The maximum absolute atomic E-state index is 14.5. The molecule has 0 fully saturated rings. The number of nitro groups is 1. The third-order valence-electron chi connectivity index (χ3n) is 5.78. The molecular formula is C31H21ClFN3O5. The van der Waals surface area contributed by atoms with Crippen molar-refractivity contribution in [3.8, 4) is 0 Å². The van der Waals surface area contributed by atoms with E-state index in [2.05, 4.69) is 10.6 Å². The Labute approximate surface area is 238 Å². The lowest BCUT2D eigenvalue weighted by Gasteiger charge is -2.12. The number of allylic oxidation sites excluding steroid dienone is 1. The van der Waals surface area contributed by atoms with Crippen molar-refractivity contribution in [2.45, 2.75) is 0 Å². The van der Waals surface area contributed by atoms with Gasteiger partial charge in [-0.2, -0.15) is 0 Å². The number of nitrogens with zero attached hydrogens (tertiary/aromatic N) is 1. The van der Waals surface area contributed by atoms with Crippen LogP contribution >= 0.6 is 11.6 Å². The van der Waals surface area contributed by atoms with Crippen LogP contribution < -0.4 is 10.6 Å². The summed E-state index contributed by atoms with van der Waals surface area (Å²) in [7, 11) is 0. The molecule has 0 unspecified atom stereocenters. The fourth-order valence-electron chi connectivity index (χ4n) is 3.63. The minimum Gasteiger partial charge on any atom is -0.321 e. The largest absolute Gasteiger partial charge is 0.321 e. The van der Waals surface area contributed by atoms with E-state index in [9.17, 15) is 28.9 Å². The number of benzene rings is 4. The molecule has 0 aliphatic carbocycles. The van der Waals surface area contributed by atoms with E-state index in [1.165, 1.54) is 78.9 Å². The number of halogens is 2. The zero-order valence-electron chi connectivity index (χ0n) is 21.2. The molecule has 4 aromatic carbocycles. The fraction of sp³-hybridized carbons (Fsp3) is 0. The molecule has 4 rings (SSSR count). The Kier molecular flexibility index (Phi) is 9.13. The summed E-state index contributed by atoms with van der Waals surface area (Å²) in [6.45, 7) is 0. The number of nitro benzene ring substituents is 1. The number of hydrogen-bond donors (Lipinski definition) is 2. The molecule has 0 radical (unpaired) electrons. The average molecular weight is 570 g/mol. The van der Waals surface area contributed by atoms with E-state index in [1.807, 2.05) is 0 Å². The maximum atomic E-state index is 14.5. The number of carbonyl (C=O) groups excluding carboxylic acids is 3. The highest BCUT2D eigenvalue weighted by molar-refractivity contribution is 6.32. The molecule has 0 aromatic heterocycles. The Bertz CT molecular complexity index is 1650. The summed E-state index contributed by atoms with van der Waals surface area (Å²) < 4.78 is 14.5. The fourth-order valence-corrected chi connectivity index (χ4v) is 3.84. The van der Waals surface area contributed by atoms with Gasteiger partial charge in [-0.25, -0.2) is 4.39 Å². The smallest absolute Gasteiger partial charge is 0.272 e. The van der Waals surface area contributed by atoms with Crippen molar-refractivity contribution in [2.24, 2.45) is 0 Å². The SMILES string of the molecule is O=C(Nc1ccc(C(=O)/C=C/c2ccc([N+](=O)[O-])cc2)cc1)/C(=C/c1c(F)cccc1Cl)NC(=O)c1ccccc1. The van der Waals surface area contributed by atoms with Crippen molar-refractivity contribution in [3.05, 3.63) is 152 Å². The number of nitrogens with one attached hydrogen (secondary N) is 2. The lowest BCUT2D eigenvalue weighted by molar-refractivity contribution is -0.384. The van der Waals surface area contributed by atoms with E-state index in [-0.39, 0.29) is 33.3 Å². The number of amides is 2.